The van der Waals surface area contributed by atoms with Crippen LogP contribution >= 0.6 is 0 Å². The molecule has 0 spiro atoms. The zero-order valence-corrected chi connectivity index (χ0v) is 9.39. The standard InChI is InChI=1S/C16H12O/c1-12(16-7-4-10-17-16)14-9-8-13-5-2-3-6-15(13)11-14/h2-11H,1H2. The van der Waals surface area contributed by atoms with Crippen LogP contribution in [0.1, 0.15) is 11.3 Å². The molecule has 0 N–H and O–H groups in total. The third kappa shape index (κ3) is 1.76. The number of furan rings is 1. The summed E-state index contributed by atoms with van der Waals surface area (Å²) in [5.74, 6) is 0.820. The van der Waals surface area contributed by atoms with Gasteiger partial charge in [0.25, 0.3) is 0 Å². The highest BCUT2D eigenvalue weighted by Gasteiger charge is 2.05. The lowest BCUT2D eigenvalue weighted by atomic mass is 10.0. The van der Waals surface area contributed by atoms with Gasteiger partial charge in [0, 0.05) is 5.57 Å². The highest BCUT2D eigenvalue weighted by atomic mass is 16.3. The van der Waals surface area contributed by atoms with Gasteiger partial charge in [-0.2, -0.15) is 0 Å². The molecule has 0 unspecified atom stereocenters. The normalized spacial score (nSPS) is 10.6. The molecule has 0 atom stereocenters. The van der Waals surface area contributed by atoms with Crippen molar-refractivity contribution in [1.82, 2.24) is 0 Å². The van der Waals surface area contributed by atoms with Gasteiger partial charge in [-0.3, -0.25) is 0 Å². The van der Waals surface area contributed by atoms with Crippen LogP contribution in [0.2, 0.25) is 0 Å². The zero-order valence-electron chi connectivity index (χ0n) is 9.39. The Bertz CT molecular complexity index is 663. The zero-order chi connectivity index (χ0) is 11.7. The van der Waals surface area contributed by atoms with Gasteiger partial charge in [-0.25, -0.2) is 0 Å². The third-order valence-corrected chi connectivity index (χ3v) is 2.92. The Morgan fingerprint density at radius 3 is 2.47 bits per heavy atom. The van der Waals surface area contributed by atoms with Gasteiger partial charge in [0.1, 0.15) is 5.76 Å². The Labute approximate surface area is 100 Å². The van der Waals surface area contributed by atoms with Gasteiger partial charge in [-0.05, 0) is 34.5 Å². The molecule has 1 nitrogen and oxygen atoms in total. The molecule has 0 fully saturated rings. The van der Waals surface area contributed by atoms with Gasteiger partial charge >= 0.3 is 0 Å². The van der Waals surface area contributed by atoms with Gasteiger partial charge in [0.15, 0.2) is 0 Å². The van der Waals surface area contributed by atoms with E-state index in [4.69, 9.17) is 4.42 Å². The predicted molar refractivity (Wildman–Crippen MR) is 70.8 cm³/mol. The van der Waals surface area contributed by atoms with Crippen LogP contribution in [0.5, 0.6) is 0 Å². The summed E-state index contributed by atoms with van der Waals surface area (Å²) < 4.78 is 5.36. The molecule has 0 radical (unpaired) electrons. The fraction of sp³-hybridized carbons (Fsp3) is 0. The molecule has 17 heavy (non-hydrogen) atoms. The molecule has 1 heterocycles. The highest BCUT2D eigenvalue weighted by Crippen LogP contribution is 2.25. The van der Waals surface area contributed by atoms with Gasteiger partial charge in [-0.1, -0.05) is 43.0 Å². The smallest absolute Gasteiger partial charge is 0.133 e. The van der Waals surface area contributed by atoms with Crippen LogP contribution in [0.25, 0.3) is 16.3 Å². The van der Waals surface area contributed by atoms with Gasteiger partial charge in [0.2, 0.25) is 0 Å². The molecule has 3 rings (SSSR count). The number of hydrogen-bond donors (Lipinski definition) is 0. The largest absolute Gasteiger partial charge is 0.464 e. The second-order valence-corrected chi connectivity index (χ2v) is 4.02. The molecule has 1 aromatic heterocycles. The molecular weight excluding hydrogens is 208 g/mol. The monoisotopic (exact) mass is 220 g/mol. The first kappa shape index (κ1) is 9.91. The summed E-state index contributed by atoms with van der Waals surface area (Å²) in [6, 6.07) is 18.4. The highest BCUT2D eigenvalue weighted by molar-refractivity contribution is 5.88. The van der Waals surface area contributed by atoms with Crippen LogP contribution < -0.4 is 0 Å². The number of hydrogen-bond acceptors (Lipinski definition) is 1. The number of fused-ring (bicyclic) bond motifs is 1. The summed E-state index contributed by atoms with van der Waals surface area (Å²) in [5.41, 5.74) is 2.01. The van der Waals surface area contributed by atoms with Crippen molar-refractivity contribution < 1.29 is 4.42 Å². The molecule has 0 aliphatic rings. The summed E-state index contributed by atoms with van der Waals surface area (Å²) in [4.78, 5) is 0. The first-order valence-corrected chi connectivity index (χ1v) is 5.56. The molecule has 3 aromatic rings. The van der Waals surface area contributed by atoms with Crippen LogP contribution in [0.4, 0.5) is 0 Å². The van der Waals surface area contributed by atoms with Crippen LogP contribution in [0.3, 0.4) is 0 Å². The maximum Gasteiger partial charge on any atom is 0.133 e. The average molecular weight is 220 g/mol. The minimum atomic E-state index is 0.820. The fourth-order valence-electron chi connectivity index (χ4n) is 1.97. The Morgan fingerprint density at radius 2 is 1.71 bits per heavy atom. The maximum atomic E-state index is 5.36. The van der Waals surface area contributed by atoms with E-state index >= 15 is 0 Å². The van der Waals surface area contributed by atoms with E-state index in [1.165, 1.54) is 10.8 Å². The van der Waals surface area contributed by atoms with Crippen molar-refractivity contribution in [3.05, 3.63) is 78.8 Å². The van der Waals surface area contributed by atoms with Gasteiger partial charge in [0.05, 0.1) is 6.26 Å². The Morgan fingerprint density at radius 1 is 0.882 bits per heavy atom. The summed E-state index contributed by atoms with van der Waals surface area (Å²) >= 11 is 0. The summed E-state index contributed by atoms with van der Waals surface area (Å²) in [6.07, 6.45) is 1.67. The lowest BCUT2D eigenvalue weighted by Crippen LogP contribution is -1.84. The van der Waals surface area contributed by atoms with Crippen molar-refractivity contribution in [2.45, 2.75) is 0 Å². The molecule has 1 heteroatoms. The molecule has 0 saturated heterocycles. The molecule has 0 bridgehead atoms. The topological polar surface area (TPSA) is 13.1 Å². The molecule has 0 amide bonds. The third-order valence-electron chi connectivity index (χ3n) is 2.92. The van der Waals surface area contributed by atoms with E-state index < -0.39 is 0 Å². The predicted octanol–water partition coefficient (Wildman–Crippen LogP) is 4.49. The van der Waals surface area contributed by atoms with Crippen molar-refractivity contribution >= 4 is 16.3 Å². The summed E-state index contributed by atoms with van der Waals surface area (Å²) in [6.45, 7) is 4.08. The summed E-state index contributed by atoms with van der Waals surface area (Å²) in [5, 5.41) is 2.46. The van der Waals surface area contributed by atoms with Crippen molar-refractivity contribution in [3.8, 4) is 0 Å². The van der Waals surface area contributed by atoms with E-state index in [0.717, 1.165) is 16.9 Å². The lowest BCUT2D eigenvalue weighted by Gasteiger charge is -2.04. The van der Waals surface area contributed by atoms with Crippen LogP contribution in [0.15, 0.2) is 71.9 Å². The van der Waals surface area contributed by atoms with Crippen molar-refractivity contribution in [2.24, 2.45) is 0 Å². The van der Waals surface area contributed by atoms with Gasteiger partial charge in [-0.15, -0.1) is 0 Å². The van der Waals surface area contributed by atoms with E-state index in [-0.39, 0.29) is 0 Å². The van der Waals surface area contributed by atoms with Crippen LogP contribution in [-0.2, 0) is 0 Å². The van der Waals surface area contributed by atoms with Crippen LogP contribution in [0, 0.1) is 0 Å². The molecule has 0 saturated carbocycles. The fourth-order valence-corrected chi connectivity index (χ4v) is 1.97. The molecule has 2 aromatic carbocycles. The first-order chi connectivity index (χ1) is 8.34. The summed E-state index contributed by atoms with van der Waals surface area (Å²) in [7, 11) is 0. The number of benzene rings is 2. The molecule has 0 aliphatic heterocycles. The molecule has 0 aliphatic carbocycles. The van der Waals surface area contributed by atoms with E-state index in [0.29, 0.717) is 0 Å². The Balaban J connectivity index is 2.09. The van der Waals surface area contributed by atoms with Crippen LogP contribution in [-0.4, -0.2) is 0 Å². The second-order valence-electron chi connectivity index (χ2n) is 4.02. The maximum absolute atomic E-state index is 5.36. The Kier molecular flexibility index (Phi) is 2.30. The van der Waals surface area contributed by atoms with E-state index in [1.807, 2.05) is 24.3 Å². The SMILES string of the molecule is C=C(c1ccc2ccccc2c1)c1ccco1. The lowest BCUT2D eigenvalue weighted by molar-refractivity contribution is 0.554. The molecule has 82 valence electrons. The molecular formula is C16H12O. The Hall–Kier alpha value is -2.28. The quantitative estimate of drug-likeness (QED) is 0.620. The average Bonchev–Trinajstić information content (AvgIpc) is 2.91. The van der Waals surface area contributed by atoms with Gasteiger partial charge < -0.3 is 4.42 Å². The van der Waals surface area contributed by atoms with E-state index in [9.17, 15) is 0 Å². The minimum absolute atomic E-state index is 0.820. The van der Waals surface area contributed by atoms with Crippen molar-refractivity contribution in [1.29, 1.82) is 0 Å². The van der Waals surface area contributed by atoms with E-state index in [1.54, 1.807) is 6.26 Å². The van der Waals surface area contributed by atoms with Crippen molar-refractivity contribution in [2.75, 3.05) is 0 Å². The second kappa shape index (κ2) is 3.95. The van der Waals surface area contributed by atoms with Crippen molar-refractivity contribution in [3.63, 3.8) is 0 Å². The number of rotatable bonds is 2. The minimum Gasteiger partial charge on any atom is -0.464 e. The first-order valence-electron chi connectivity index (χ1n) is 5.56. The van der Waals surface area contributed by atoms with E-state index in [2.05, 4.69) is 36.9 Å².